The van der Waals surface area contributed by atoms with Gasteiger partial charge < -0.3 is 24.6 Å². The molecular formula is C18H18BClN2O4. The number of halogens is 1. The summed E-state index contributed by atoms with van der Waals surface area (Å²) >= 11 is 6.35. The maximum atomic E-state index is 12.6. The Morgan fingerprint density at radius 1 is 1.19 bits per heavy atom. The molecule has 2 heterocycles. The first-order valence-electron chi connectivity index (χ1n) is 8.48. The second kappa shape index (κ2) is 7.29. The minimum atomic E-state index is -0.946. The molecule has 0 bridgehead atoms. The van der Waals surface area contributed by atoms with Crippen molar-refractivity contribution in [3.8, 4) is 0 Å². The number of rotatable bonds is 3. The number of fused-ring (bicyclic) bond motifs is 1. The lowest BCUT2D eigenvalue weighted by Gasteiger charge is -2.29. The van der Waals surface area contributed by atoms with Gasteiger partial charge >= 0.3 is 7.12 Å². The number of carbonyl (C=O) groups excluding carboxylic acids is 1. The van der Waals surface area contributed by atoms with E-state index in [2.05, 4.69) is 10.2 Å². The summed E-state index contributed by atoms with van der Waals surface area (Å²) in [7, 11) is -0.946. The molecular weight excluding hydrogens is 354 g/mol. The third-order valence-electron chi connectivity index (χ3n) is 4.64. The summed E-state index contributed by atoms with van der Waals surface area (Å²) < 4.78 is 10.5. The molecule has 2 N–H and O–H groups in total. The van der Waals surface area contributed by atoms with Crippen molar-refractivity contribution in [2.45, 2.75) is 6.61 Å². The molecule has 2 aliphatic rings. The summed E-state index contributed by atoms with van der Waals surface area (Å²) in [4.78, 5) is 14.8. The molecule has 6 nitrogen and oxygen atoms in total. The van der Waals surface area contributed by atoms with Crippen molar-refractivity contribution in [1.82, 2.24) is 0 Å². The molecule has 0 aliphatic carbocycles. The summed E-state index contributed by atoms with van der Waals surface area (Å²) in [6, 6.07) is 10.8. The lowest BCUT2D eigenvalue weighted by molar-refractivity contribution is 0.102. The second-order valence-corrected chi connectivity index (χ2v) is 6.70. The number of hydrogen-bond acceptors (Lipinski definition) is 5. The lowest BCUT2D eigenvalue weighted by Crippen LogP contribution is -2.36. The van der Waals surface area contributed by atoms with E-state index in [1.807, 2.05) is 18.2 Å². The molecule has 1 amide bonds. The third kappa shape index (κ3) is 3.43. The second-order valence-electron chi connectivity index (χ2n) is 6.29. The smallest absolute Gasteiger partial charge is 0.423 e. The van der Waals surface area contributed by atoms with Crippen LogP contribution >= 0.6 is 11.6 Å². The van der Waals surface area contributed by atoms with Gasteiger partial charge in [-0.2, -0.15) is 0 Å². The molecule has 134 valence electrons. The van der Waals surface area contributed by atoms with Crippen molar-refractivity contribution >= 4 is 41.5 Å². The van der Waals surface area contributed by atoms with Gasteiger partial charge in [-0.05, 0) is 41.4 Å². The number of hydrogen-bond donors (Lipinski definition) is 2. The summed E-state index contributed by atoms with van der Waals surface area (Å²) in [6.07, 6.45) is 0. The van der Waals surface area contributed by atoms with Crippen LogP contribution in [0.3, 0.4) is 0 Å². The van der Waals surface area contributed by atoms with E-state index in [0.717, 1.165) is 24.3 Å². The highest BCUT2D eigenvalue weighted by Crippen LogP contribution is 2.25. The first-order chi connectivity index (χ1) is 12.6. The Labute approximate surface area is 156 Å². The Kier molecular flexibility index (Phi) is 4.87. The van der Waals surface area contributed by atoms with Gasteiger partial charge in [0.25, 0.3) is 5.91 Å². The molecule has 4 rings (SSSR count). The zero-order chi connectivity index (χ0) is 18.1. The van der Waals surface area contributed by atoms with Crippen LogP contribution in [0.15, 0.2) is 36.4 Å². The van der Waals surface area contributed by atoms with Gasteiger partial charge in [-0.3, -0.25) is 4.79 Å². The summed E-state index contributed by atoms with van der Waals surface area (Å²) in [5.74, 6) is -0.295. The zero-order valence-electron chi connectivity index (χ0n) is 14.1. The first kappa shape index (κ1) is 17.4. The fourth-order valence-electron chi connectivity index (χ4n) is 3.20. The predicted octanol–water partition coefficient (Wildman–Crippen LogP) is 1.65. The first-order valence-corrected chi connectivity index (χ1v) is 8.86. The topological polar surface area (TPSA) is 71.0 Å². The Bertz CT molecular complexity index is 842. The normalized spacial score (nSPS) is 16.5. The number of amides is 1. The molecule has 0 radical (unpaired) electrons. The summed E-state index contributed by atoms with van der Waals surface area (Å²) in [5.41, 5.74) is 3.57. The van der Waals surface area contributed by atoms with E-state index in [0.29, 0.717) is 41.6 Å². The molecule has 0 saturated carbocycles. The van der Waals surface area contributed by atoms with E-state index in [9.17, 15) is 9.82 Å². The van der Waals surface area contributed by atoms with Gasteiger partial charge in [-0.1, -0.05) is 17.7 Å². The summed E-state index contributed by atoms with van der Waals surface area (Å²) in [6.45, 7) is 3.36. The van der Waals surface area contributed by atoms with Gasteiger partial charge in [0.05, 0.1) is 30.4 Å². The third-order valence-corrected chi connectivity index (χ3v) is 4.95. The fourth-order valence-corrected chi connectivity index (χ4v) is 3.46. The molecule has 0 spiro atoms. The van der Waals surface area contributed by atoms with Gasteiger partial charge in [0, 0.05) is 24.5 Å². The molecule has 2 aromatic rings. The van der Waals surface area contributed by atoms with Crippen LogP contribution in [0.25, 0.3) is 0 Å². The Balaban J connectivity index is 1.50. The highest BCUT2D eigenvalue weighted by molar-refractivity contribution is 6.61. The zero-order valence-corrected chi connectivity index (χ0v) is 14.8. The highest BCUT2D eigenvalue weighted by atomic mass is 35.5. The highest BCUT2D eigenvalue weighted by Gasteiger charge is 2.27. The predicted molar refractivity (Wildman–Crippen MR) is 101 cm³/mol. The van der Waals surface area contributed by atoms with Gasteiger partial charge in [0.1, 0.15) is 0 Å². The lowest BCUT2D eigenvalue weighted by atomic mass is 9.79. The number of benzene rings is 2. The van der Waals surface area contributed by atoms with Crippen molar-refractivity contribution in [2.75, 3.05) is 36.5 Å². The average Bonchev–Trinajstić information content (AvgIpc) is 3.03. The van der Waals surface area contributed by atoms with E-state index >= 15 is 0 Å². The average molecular weight is 373 g/mol. The molecule has 2 aromatic carbocycles. The Morgan fingerprint density at radius 3 is 2.77 bits per heavy atom. The van der Waals surface area contributed by atoms with E-state index in [-0.39, 0.29) is 5.91 Å². The van der Waals surface area contributed by atoms with Crippen LogP contribution in [-0.4, -0.2) is 44.4 Å². The fraction of sp³-hybridized carbons (Fsp3) is 0.278. The Hall–Kier alpha value is -2.06. The maximum absolute atomic E-state index is 12.6. The van der Waals surface area contributed by atoms with Crippen LogP contribution in [0.2, 0.25) is 5.02 Å². The molecule has 0 unspecified atom stereocenters. The number of nitrogens with zero attached hydrogens (tertiary/aromatic N) is 1. The van der Waals surface area contributed by atoms with Crippen LogP contribution < -0.4 is 15.7 Å². The van der Waals surface area contributed by atoms with Gasteiger partial charge in [-0.15, -0.1) is 0 Å². The van der Waals surface area contributed by atoms with Crippen molar-refractivity contribution in [2.24, 2.45) is 0 Å². The molecule has 1 saturated heterocycles. The summed E-state index contributed by atoms with van der Waals surface area (Å²) in [5, 5.41) is 13.0. The van der Waals surface area contributed by atoms with Crippen molar-refractivity contribution in [1.29, 1.82) is 0 Å². The number of nitrogens with one attached hydrogen (secondary N) is 1. The maximum Gasteiger partial charge on any atom is 0.491 e. The molecule has 8 heteroatoms. The van der Waals surface area contributed by atoms with Crippen LogP contribution in [-0.2, 0) is 16.0 Å². The molecule has 0 atom stereocenters. The standard InChI is InChI=1S/C18H18BClN2O4/c20-17-10-14(22-5-7-25-8-6-22)3-4-15(17)18(23)21-13-2-1-12-11-26-19(24)16(12)9-13/h1-4,9-10,24H,5-8,11H2,(H,21,23). The van der Waals surface area contributed by atoms with Gasteiger partial charge in [-0.25, -0.2) is 0 Å². The molecule has 26 heavy (non-hydrogen) atoms. The molecule has 0 aromatic heterocycles. The molecule has 2 aliphatic heterocycles. The van der Waals surface area contributed by atoms with Crippen LogP contribution in [0.5, 0.6) is 0 Å². The van der Waals surface area contributed by atoms with Crippen LogP contribution in [0, 0.1) is 0 Å². The minimum Gasteiger partial charge on any atom is -0.423 e. The van der Waals surface area contributed by atoms with Crippen molar-refractivity contribution in [3.05, 3.63) is 52.5 Å². The van der Waals surface area contributed by atoms with Crippen molar-refractivity contribution < 1.29 is 19.2 Å². The number of ether oxygens (including phenoxy) is 1. The SMILES string of the molecule is O=C(Nc1ccc2c(c1)B(O)OC2)c1ccc(N2CCOCC2)cc1Cl. The van der Waals surface area contributed by atoms with Crippen LogP contribution in [0.4, 0.5) is 11.4 Å². The van der Waals surface area contributed by atoms with E-state index in [1.165, 1.54) is 0 Å². The Morgan fingerprint density at radius 2 is 2.00 bits per heavy atom. The number of carbonyl (C=O) groups is 1. The number of anilines is 2. The van der Waals surface area contributed by atoms with E-state index in [1.54, 1.807) is 18.2 Å². The van der Waals surface area contributed by atoms with Gasteiger partial charge in [0.15, 0.2) is 0 Å². The van der Waals surface area contributed by atoms with E-state index < -0.39 is 7.12 Å². The number of morpholine rings is 1. The largest absolute Gasteiger partial charge is 0.491 e. The van der Waals surface area contributed by atoms with E-state index in [4.69, 9.17) is 21.0 Å². The molecule has 1 fully saturated rings. The van der Waals surface area contributed by atoms with Gasteiger partial charge in [0.2, 0.25) is 0 Å². The minimum absolute atomic E-state index is 0.295. The monoisotopic (exact) mass is 372 g/mol. The van der Waals surface area contributed by atoms with Crippen LogP contribution in [0.1, 0.15) is 15.9 Å². The quantitative estimate of drug-likeness (QED) is 0.802. The van der Waals surface area contributed by atoms with Crippen molar-refractivity contribution in [3.63, 3.8) is 0 Å².